The molecule has 0 radical (unpaired) electrons. The van der Waals surface area contributed by atoms with Gasteiger partial charge >= 0.3 is 0 Å². The summed E-state index contributed by atoms with van der Waals surface area (Å²) in [4.78, 5) is 11.8. The van der Waals surface area contributed by atoms with Crippen LogP contribution in [0.3, 0.4) is 0 Å². The number of sulfone groups is 1. The molecule has 0 aromatic heterocycles. The highest BCUT2D eigenvalue weighted by molar-refractivity contribution is 7.91. The van der Waals surface area contributed by atoms with Crippen molar-refractivity contribution in [2.45, 2.75) is 19.8 Å². The number of rotatable bonds is 6. The SMILES string of the molecule is CCCOc1ccc(/C=N/NC(=O)[C@@H]2CCS(=O)(=O)C2)c(O)c1. The summed E-state index contributed by atoms with van der Waals surface area (Å²) in [6, 6.07) is 4.79. The Kier molecular flexibility index (Phi) is 5.59. The second-order valence-corrected chi connectivity index (χ2v) is 7.63. The predicted molar refractivity (Wildman–Crippen MR) is 86.4 cm³/mol. The molecule has 1 aromatic carbocycles. The van der Waals surface area contributed by atoms with Crippen LogP contribution in [0, 0.1) is 5.92 Å². The molecule has 1 atom stereocenters. The number of phenolic OH excluding ortho intramolecular Hbond substituents is 1. The number of aromatic hydroxyl groups is 1. The number of phenols is 1. The molecule has 1 fully saturated rings. The fraction of sp³-hybridized carbons (Fsp3) is 0.467. The van der Waals surface area contributed by atoms with Crippen molar-refractivity contribution >= 4 is 22.0 Å². The lowest BCUT2D eigenvalue weighted by Gasteiger charge is -2.07. The highest BCUT2D eigenvalue weighted by Gasteiger charge is 2.32. The lowest BCUT2D eigenvalue weighted by Crippen LogP contribution is -2.27. The van der Waals surface area contributed by atoms with Crippen molar-refractivity contribution in [2.75, 3.05) is 18.1 Å². The summed E-state index contributed by atoms with van der Waals surface area (Å²) >= 11 is 0. The third-order valence-corrected chi connectivity index (χ3v) is 5.22. The summed E-state index contributed by atoms with van der Waals surface area (Å²) in [6.07, 6.45) is 2.49. The third kappa shape index (κ3) is 4.95. The molecule has 0 unspecified atom stereocenters. The molecule has 2 N–H and O–H groups in total. The minimum Gasteiger partial charge on any atom is -0.507 e. The van der Waals surface area contributed by atoms with Crippen molar-refractivity contribution in [3.63, 3.8) is 0 Å². The Balaban J connectivity index is 1.91. The summed E-state index contributed by atoms with van der Waals surface area (Å²) in [5.41, 5.74) is 2.73. The zero-order chi connectivity index (χ0) is 16.9. The lowest BCUT2D eigenvalue weighted by atomic mass is 10.1. The first-order valence-electron chi connectivity index (χ1n) is 7.40. The fourth-order valence-electron chi connectivity index (χ4n) is 2.20. The minimum atomic E-state index is -3.10. The van der Waals surface area contributed by atoms with E-state index in [-0.39, 0.29) is 17.3 Å². The number of hydrazone groups is 1. The molecular formula is C15H20N2O5S. The lowest BCUT2D eigenvalue weighted by molar-refractivity contribution is -0.124. The molecule has 0 bridgehead atoms. The van der Waals surface area contributed by atoms with Crippen molar-refractivity contribution in [2.24, 2.45) is 11.0 Å². The smallest absolute Gasteiger partial charge is 0.244 e. The van der Waals surface area contributed by atoms with Crippen molar-refractivity contribution in [3.05, 3.63) is 23.8 Å². The molecule has 2 rings (SSSR count). The van der Waals surface area contributed by atoms with E-state index in [1.807, 2.05) is 6.92 Å². The Bertz CT molecular complexity index is 700. The predicted octanol–water partition coefficient (Wildman–Crippen LogP) is 1.07. The van der Waals surface area contributed by atoms with Gasteiger partial charge in [-0.1, -0.05) is 6.92 Å². The van der Waals surface area contributed by atoms with E-state index in [1.165, 1.54) is 12.3 Å². The third-order valence-electron chi connectivity index (χ3n) is 3.46. The zero-order valence-corrected chi connectivity index (χ0v) is 13.7. The minimum absolute atomic E-state index is 0.0138. The topological polar surface area (TPSA) is 105 Å². The van der Waals surface area contributed by atoms with Crippen LogP contribution >= 0.6 is 0 Å². The average Bonchev–Trinajstić information content (AvgIpc) is 2.87. The van der Waals surface area contributed by atoms with E-state index in [1.54, 1.807) is 12.1 Å². The Hall–Kier alpha value is -2.09. The number of benzene rings is 1. The van der Waals surface area contributed by atoms with Gasteiger partial charge in [0.15, 0.2) is 9.84 Å². The molecule has 0 aliphatic carbocycles. The Morgan fingerprint density at radius 2 is 2.30 bits per heavy atom. The van der Waals surface area contributed by atoms with Gasteiger partial charge < -0.3 is 9.84 Å². The second-order valence-electron chi connectivity index (χ2n) is 5.40. The van der Waals surface area contributed by atoms with E-state index >= 15 is 0 Å². The first-order chi connectivity index (χ1) is 10.9. The van der Waals surface area contributed by atoms with Crippen LogP contribution < -0.4 is 10.2 Å². The molecular weight excluding hydrogens is 320 g/mol. The maximum atomic E-state index is 11.8. The average molecular weight is 340 g/mol. The number of amides is 1. The number of nitrogens with one attached hydrogen (secondary N) is 1. The molecule has 0 saturated carbocycles. The largest absolute Gasteiger partial charge is 0.507 e. The zero-order valence-electron chi connectivity index (χ0n) is 12.9. The Morgan fingerprint density at radius 3 is 2.91 bits per heavy atom. The summed E-state index contributed by atoms with van der Waals surface area (Å²) in [6.45, 7) is 2.55. The quantitative estimate of drug-likeness (QED) is 0.595. The molecule has 7 nitrogen and oxygen atoms in total. The van der Waals surface area contributed by atoms with Gasteiger partial charge in [-0.15, -0.1) is 0 Å². The fourth-order valence-corrected chi connectivity index (χ4v) is 3.94. The first-order valence-corrected chi connectivity index (χ1v) is 9.22. The van der Waals surface area contributed by atoms with Gasteiger partial charge in [0.25, 0.3) is 0 Å². The Labute approximate surface area is 135 Å². The van der Waals surface area contributed by atoms with Crippen LogP contribution in [0.25, 0.3) is 0 Å². The molecule has 23 heavy (non-hydrogen) atoms. The molecule has 1 heterocycles. The van der Waals surface area contributed by atoms with Crippen molar-refractivity contribution in [1.29, 1.82) is 0 Å². The standard InChI is InChI=1S/C15H20N2O5S/c1-2-6-22-13-4-3-11(14(18)8-13)9-16-17-15(19)12-5-7-23(20,21)10-12/h3-4,8-9,12,18H,2,5-7,10H2,1H3,(H,17,19)/b16-9+/t12-/m1/s1. The van der Waals surface area contributed by atoms with Crippen LogP contribution in [-0.4, -0.2) is 43.8 Å². The summed E-state index contributed by atoms with van der Waals surface area (Å²) in [5.74, 6) is -0.542. The van der Waals surface area contributed by atoms with Crippen LogP contribution in [-0.2, 0) is 14.6 Å². The number of carbonyl (C=O) groups is 1. The van der Waals surface area contributed by atoms with E-state index < -0.39 is 21.7 Å². The molecule has 1 saturated heterocycles. The number of hydrogen-bond donors (Lipinski definition) is 2. The molecule has 1 amide bonds. The molecule has 1 aliphatic heterocycles. The number of ether oxygens (including phenoxy) is 1. The van der Waals surface area contributed by atoms with Crippen molar-refractivity contribution < 1.29 is 23.1 Å². The highest BCUT2D eigenvalue weighted by Crippen LogP contribution is 2.22. The summed E-state index contributed by atoms with van der Waals surface area (Å²) in [5, 5.41) is 13.6. The summed E-state index contributed by atoms with van der Waals surface area (Å²) in [7, 11) is -3.10. The Morgan fingerprint density at radius 1 is 1.52 bits per heavy atom. The number of carbonyl (C=O) groups excluding carboxylic acids is 1. The van der Waals surface area contributed by atoms with Gasteiger partial charge in [0.2, 0.25) is 5.91 Å². The molecule has 0 spiro atoms. The number of hydrogen-bond acceptors (Lipinski definition) is 6. The van der Waals surface area contributed by atoms with Crippen molar-refractivity contribution in [3.8, 4) is 11.5 Å². The van der Waals surface area contributed by atoms with E-state index in [0.717, 1.165) is 6.42 Å². The van der Waals surface area contributed by atoms with E-state index in [4.69, 9.17) is 4.74 Å². The van der Waals surface area contributed by atoms with Crippen LogP contribution in [0.2, 0.25) is 0 Å². The molecule has 8 heteroatoms. The van der Waals surface area contributed by atoms with E-state index in [9.17, 15) is 18.3 Å². The van der Waals surface area contributed by atoms with Gasteiger partial charge in [-0.3, -0.25) is 4.79 Å². The van der Waals surface area contributed by atoms with E-state index in [0.29, 0.717) is 24.3 Å². The first kappa shape index (κ1) is 17.3. The van der Waals surface area contributed by atoms with Gasteiger partial charge in [-0.05, 0) is 25.0 Å². The van der Waals surface area contributed by atoms with Crippen LogP contribution in [0.15, 0.2) is 23.3 Å². The molecule has 1 aromatic rings. The second kappa shape index (κ2) is 7.45. The van der Waals surface area contributed by atoms with Crippen molar-refractivity contribution in [1.82, 2.24) is 5.43 Å². The molecule has 1 aliphatic rings. The monoisotopic (exact) mass is 340 g/mol. The van der Waals surface area contributed by atoms with Gasteiger partial charge in [-0.25, -0.2) is 13.8 Å². The van der Waals surface area contributed by atoms with Gasteiger partial charge in [0.05, 0.1) is 30.2 Å². The van der Waals surface area contributed by atoms with Gasteiger partial charge in [-0.2, -0.15) is 5.10 Å². The van der Waals surface area contributed by atoms with Crippen LogP contribution in [0.1, 0.15) is 25.3 Å². The normalized spacial score (nSPS) is 19.8. The maximum absolute atomic E-state index is 11.8. The highest BCUT2D eigenvalue weighted by atomic mass is 32.2. The summed E-state index contributed by atoms with van der Waals surface area (Å²) < 4.78 is 28.0. The van der Waals surface area contributed by atoms with Crippen LogP contribution in [0.4, 0.5) is 0 Å². The van der Waals surface area contributed by atoms with Gasteiger partial charge in [0.1, 0.15) is 11.5 Å². The van der Waals surface area contributed by atoms with Crippen LogP contribution in [0.5, 0.6) is 11.5 Å². The van der Waals surface area contributed by atoms with E-state index in [2.05, 4.69) is 10.5 Å². The number of nitrogens with zero attached hydrogens (tertiary/aromatic N) is 1. The maximum Gasteiger partial charge on any atom is 0.244 e. The van der Waals surface area contributed by atoms with Gasteiger partial charge in [0, 0.05) is 11.6 Å². The molecule has 126 valence electrons.